The van der Waals surface area contributed by atoms with Gasteiger partial charge in [-0.1, -0.05) is 18.2 Å². The first kappa shape index (κ1) is 33.6. The molecule has 4 aliphatic rings. The SMILES string of the molecule is COc1ccc2cc1Oc1ccc(cc1)C[C@H]1c3cc(c(OC)cc3CC[N+]1(C)CC(=O)[O-])Oc1c(OC)c(OC)cc3c1[C@H](C2)N(C)CC3. The summed E-state index contributed by atoms with van der Waals surface area (Å²) in [5, 5.41) is 12.2. The lowest BCUT2D eigenvalue weighted by Crippen LogP contribution is -2.56. The van der Waals surface area contributed by atoms with Gasteiger partial charge in [0.05, 0.1) is 48.0 Å². The fraction of sp³-hybridized carbons (Fsp3) is 0.375. The maximum Gasteiger partial charge on any atom is 0.204 e. The van der Waals surface area contributed by atoms with E-state index in [1.807, 2.05) is 55.6 Å². The second kappa shape index (κ2) is 13.4. The van der Waals surface area contributed by atoms with Gasteiger partial charge in [0.15, 0.2) is 34.5 Å². The summed E-state index contributed by atoms with van der Waals surface area (Å²) in [6.45, 7) is 1.36. The number of carboxylic acid groups (broad SMARTS) is 1. The molecule has 4 aliphatic heterocycles. The first-order valence-corrected chi connectivity index (χ1v) is 17.0. The van der Waals surface area contributed by atoms with Crippen LogP contribution in [0.4, 0.5) is 0 Å². The third kappa shape index (κ3) is 6.07. The average molecular weight is 681 g/mol. The van der Waals surface area contributed by atoms with Crippen molar-refractivity contribution >= 4 is 5.97 Å². The lowest BCUT2D eigenvalue weighted by molar-refractivity contribution is -0.936. The molecule has 4 aromatic rings. The zero-order chi connectivity index (χ0) is 35.2. The quantitative estimate of drug-likeness (QED) is 0.247. The Morgan fingerprint density at radius 2 is 1.52 bits per heavy atom. The summed E-state index contributed by atoms with van der Waals surface area (Å²) < 4.78 is 37.3. The first-order valence-electron chi connectivity index (χ1n) is 17.0. The molecule has 4 heterocycles. The van der Waals surface area contributed by atoms with E-state index in [2.05, 4.69) is 24.1 Å². The first-order chi connectivity index (χ1) is 24.1. The summed E-state index contributed by atoms with van der Waals surface area (Å²) in [6.07, 6.45) is 2.74. The van der Waals surface area contributed by atoms with Crippen LogP contribution in [0.5, 0.6) is 46.0 Å². The minimum atomic E-state index is -1.08. The van der Waals surface area contributed by atoms with Gasteiger partial charge in [-0.25, -0.2) is 0 Å². The van der Waals surface area contributed by atoms with Crippen molar-refractivity contribution in [3.63, 3.8) is 0 Å². The van der Waals surface area contributed by atoms with Crippen molar-refractivity contribution in [3.05, 3.63) is 94.0 Å². The molecular weight excluding hydrogens is 636 g/mol. The predicted molar refractivity (Wildman–Crippen MR) is 186 cm³/mol. The largest absolute Gasteiger partial charge is 0.544 e. The molecule has 1 unspecified atom stereocenters. The number of quaternary nitrogens is 1. The Hall–Kier alpha value is -4.93. The molecule has 3 atom stereocenters. The molecule has 10 nitrogen and oxygen atoms in total. The standard InChI is InChI=1S/C40H44N2O8/c1-41-15-13-27-21-36(47-5)39(48-6)40-38(27)30(41)17-25-9-12-32(45-3)34(19-25)49-28-10-7-24(8-11-28)18-31-29-22-35(50-40)33(46-4)20-26(29)14-16-42(31,2)23-37(43)44/h7-12,19-22,30-31H,13-18,23H2,1-6H3/t30-,31-,42?/m0/s1. The topological polar surface area (TPSA) is 98.8 Å². The molecular formula is C40H44N2O8. The number of carboxylic acids is 1. The number of rotatable bonds is 6. The highest BCUT2D eigenvalue weighted by Crippen LogP contribution is 2.52. The van der Waals surface area contributed by atoms with Gasteiger partial charge >= 0.3 is 0 Å². The molecule has 8 rings (SSSR count). The normalized spacial score (nSPS) is 21.1. The highest BCUT2D eigenvalue weighted by molar-refractivity contribution is 5.66. The van der Waals surface area contributed by atoms with Crippen LogP contribution in [0.3, 0.4) is 0 Å². The van der Waals surface area contributed by atoms with Crippen LogP contribution in [0, 0.1) is 0 Å². The maximum atomic E-state index is 12.2. The van der Waals surface area contributed by atoms with Crippen molar-refractivity contribution in [2.45, 2.75) is 37.8 Å². The molecule has 6 bridgehead atoms. The zero-order valence-corrected chi connectivity index (χ0v) is 29.5. The average Bonchev–Trinajstić information content (AvgIpc) is 3.10. The molecule has 0 amide bonds. The summed E-state index contributed by atoms with van der Waals surface area (Å²) in [6, 6.07) is 19.9. The van der Waals surface area contributed by atoms with Gasteiger partial charge in [-0.05, 0) is 84.6 Å². The molecule has 10 heteroatoms. The van der Waals surface area contributed by atoms with Crippen LogP contribution in [0.1, 0.15) is 45.5 Å². The molecule has 0 N–H and O–H groups in total. The highest BCUT2D eigenvalue weighted by Gasteiger charge is 2.41. The summed E-state index contributed by atoms with van der Waals surface area (Å²) in [5.41, 5.74) is 6.37. The van der Waals surface area contributed by atoms with Gasteiger partial charge in [0.1, 0.15) is 18.3 Å². The van der Waals surface area contributed by atoms with Crippen LogP contribution in [-0.2, 0) is 30.5 Å². The highest BCUT2D eigenvalue weighted by atomic mass is 16.5. The number of benzene rings is 4. The van der Waals surface area contributed by atoms with E-state index in [1.165, 1.54) is 0 Å². The van der Waals surface area contributed by atoms with E-state index in [1.54, 1.807) is 28.4 Å². The number of nitrogens with zero attached hydrogens (tertiary/aromatic N) is 2. The number of likely N-dealkylation sites (N-methyl/N-ethyl adjacent to an activating group) is 2. The molecule has 0 spiro atoms. The van der Waals surface area contributed by atoms with Gasteiger partial charge in [-0.15, -0.1) is 0 Å². The van der Waals surface area contributed by atoms with Gasteiger partial charge in [0.2, 0.25) is 5.75 Å². The molecule has 0 aromatic heterocycles. The van der Waals surface area contributed by atoms with Crippen LogP contribution in [-0.4, -0.2) is 77.5 Å². The number of hydrogen-bond donors (Lipinski definition) is 0. The van der Waals surface area contributed by atoms with E-state index in [-0.39, 0.29) is 23.1 Å². The number of ether oxygens (including phenoxy) is 6. The minimum Gasteiger partial charge on any atom is -0.544 e. The number of hydrogen-bond acceptors (Lipinski definition) is 9. The molecule has 50 heavy (non-hydrogen) atoms. The van der Waals surface area contributed by atoms with E-state index < -0.39 is 5.97 Å². The Balaban J connectivity index is 1.48. The van der Waals surface area contributed by atoms with Crippen LogP contribution in [0.25, 0.3) is 0 Å². The van der Waals surface area contributed by atoms with Crippen molar-refractivity contribution in [3.8, 4) is 46.0 Å². The fourth-order valence-corrected chi connectivity index (χ4v) is 8.00. The van der Waals surface area contributed by atoms with Crippen molar-refractivity contribution in [2.75, 3.05) is 62.2 Å². The van der Waals surface area contributed by atoms with Crippen molar-refractivity contribution in [2.24, 2.45) is 0 Å². The van der Waals surface area contributed by atoms with E-state index in [0.29, 0.717) is 71.8 Å². The fourth-order valence-electron chi connectivity index (χ4n) is 8.00. The Kier molecular flexibility index (Phi) is 9.00. The predicted octanol–water partition coefficient (Wildman–Crippen LogP) is 5.43. The third-order valence-corrected chi connectivity index (χ3v) is 10.7. The second-order valence-corrected chi connectivity index (χ2v) is 13.7. The zero-order valence-electron chi connectivity index (χ0n) is 29.5. The molecule has 4 aromatic carbocycles. The molecule has 0 radical (unpaired) electrons. The molecule has 262 valence electrons. The minimum absolute atomic E-state index is 0.0765. The summed E-state index contributed by atoms with van der Waals surface area (Å²) in [5.74, 6) is 3.62. The van der Waals surface area contributed by atoms with E-state index in [0.717, 1.165) is 46.3 Å². The Morgan fingerprint density at radius 1 is 0.820 bits per heavy atom. The number of carbonyl (C=O) groups is 1. The third-order valence-electron chi connectivity index (χ3n) is 10.7. The lowest BCUT2D eigenvalue weighted by Gasteiger charge is -2.46. The Labute approximate surface area is 293 Å². The van der Waals surface area contributed by atoms with Crippen LogP contribution in [0.2, 0.25) is 0 Å². The van der Waals surface area contributed by atoms with Crippen LogP contribution in [0.15, 0.2) is 60.7 Å². The second-order valence-electron chi connectivity index (χ2n) is 13.7. The summed E-state index contributed by atoms with van der Waals surface area (Å²) >= 11 is 0. The summed E-state index contributed by atoms with van der Waals surface area (Å²) in [4.78, 5) is 14.5. The molecule has 0 saturated carbocycles. The number of fused-ring (bicyclic) bond motifs is 2. The van der Waals surface area contributed by atoms with Crippen LogP contribution < -0.4 is 33.5 Å². The number of methoxy groups -OCH3 is 4. The molecule has 0 saturated heterocycles. The van der Waals surface area contributed by atoms with Crippen LogP contribution >= 0.6 is 0 Å². The number of carbonyl (C=O) groups excluding carboxylic acids is 1. The molecule has 0 fully saturated rings. The van der Waals surface area contributed by atoms with Gasteiger partial charge in [0.25, 0.3) is 0 Å². The molecule has 0 aliphatic carbocycles. The van der Waals surface area contributed by atoms with Gasteiger partial charge in [0, 0.05) is 36.6 Å². The van der Waals surface area contributed by atoms with Crippen molar-refractivity contribution in [1.29, 1.82) is 0 Å². The Bertz CT molecular complexity index is 1930. The van der Waals surface area contributed by atoms with E-state index in [9.17, 15) is 9.90 Å². The lowest BCUT2D eigenvalue weighted by atomic mass is 9.86. The number of aliphatic carboxylic acids is 1. The van der Waals surface area contributed by atoms with Gasteiger partial charge in [-0.3, -0.25) is 4.90 Å². The van der Waals surface area contributed by atoms with Crippen molar-refractivity contribution in [1.82, 2.24) is 4.90 Å². The van der Waals surface area contributed by atoms with Gasteiger partial charge < -0.3 is 42.8 Å². The monoisotopic (exact) mass is 680 g/mol. The van der Waals surface area contributed by atoms with Crippen molar-refractivity contribution < 1.29 is 42.8 Å². The van der Waals surface area contributed by atoms with E-state index in [4.69, 9.17) is 28.4 Å². The summed E-state index contributed by atoms with van der Waals surface area (Å²) in [7, 11) is 10.7. The maximum absolute atomic E-state index is 12.2. The Morgan fingerprint density at radius 3 is 2.22 bits per heavy atom. The van der Waals surface area contributed by atoms with Gasteiger partial charge in [-0.2, -0.15) is 0 Å². The van der Waals surface area contributed by atoms with E-state index >= 15 is 0 Å². The smallest absolute Gasteiger partial charge is 0.204 e.